The number of aliphatic hydroxyl groups excluding tert-OH is 1. The van der Waals surface area contributed by atoms with E-state index in [1.165, 1.54) is 17.2 Å². The summed E-state index contributed by atoms with van der Waals surface area (Å²) >= 11 is 6.01. The molecular formula is C21H16ClNO5. The van der Waals surface area contributed by atoms with Crippen molar-refractivity contribution in [2.45, 2.75) is 19.5 Å². The first-order valence-corrected chi connectivity index (χ1v) is 8.96. The number of benzene rings is 1. The second-order valence-electron chi connectivity index (χ2n) is 6.47. The zero-order chi connectivity index (χ0) is 19.8. The number of amides is 1. The molecule has 1 aliphatic rings. The van der Waals surface area contributed by atoms with Gasteiger partial charge in [-0.1, -0.05) is 23.7 Å². The first-order chi connectivity index (χ1) is 13.5. The first kappa shape index (κ1) is 18.1. The summed E-state index contributed by atoms with van der Waals surface area (Å²) < 4.78 is 11.0. The third-order valence-electron chi connectivity index (χ3n) is 4.57. The fourth-order valence-electron chi connectivity index (χ4n) is 3.30. The highest BCUT2D eigenvalue weighted by Gasteiger charge is 2.47. The Hall–Kier alpha value is -3.25. The lowest BCUT2D eigenvalue weighted by Crippen LogP contribution is -2.28. The van der Waals surface area contributed by atoms with E-state index in [1.807, 2.05) is 0 Å². The van der Waals surface area contributed by atoms with Crippen molar-refractivity contribution in [1.29, 1.82) is 0 Å². The molecule has 0 bridgehead atoms. The summed E-state index contributed by atoms with van der Waals surface area (Å²) in [4.78, 5) is 26.9. The number of halogens is 1. The monoisotopic (exact) mass is 397 g/mol. The Labute approximate surface area is 165 Å². The minimum Gasteiger partial charge on any atom is -0.507 e. The summed E-state index contributed by atoms with van der Waals surface area (Å²) in [6.07, 6.45) is 1.49. The zero-order valence-electron chi connectivity index (χ0n) is 14.9. The summed E-state index contributed by atoms with van der Waals surface area (Å²) in [6.45, 7) is 1.83. The molecule has 1 fully saturated rings. The van der Waals surface area contributed by atoms with Crippen LogP contribution < -0.4 is 0 Å². The predicted octanol–water partition coefficient (Wildman–Crippen LogP) is 4.46. The van der Waals surface area contributed by atoms with Crippen LogP contribution in [0.25, 0.3) is 5.76 Å². The molecule has 1 aliphatic heterocycles. The van der Waals surface area contributed by atoms with E-state index in [4.69, 9.17) is 20.4 Å². The molecular weight excluding hydrogens is 382 g/mol. The number of furan rings is 2. The number of hydrogen-bond acceptors (Lipinski definition) is 5. The van der Waals surface area contributed by atoms with Gasteiger partial charge in [0.25, 0.3) is 11.7 Å². The molecule has 1 aromatic carbocycles. The standard InChI is InChI=1S/C21H16ClNO5/c1-12-7-8-16(28-12)18-17(19(24)13-4-2-5-14(22)10-13)20(25)21(26)23(18)11-15-6-3-9-27-15/h2-10,18,24H,11H2,1H3/b19-17-. The van der Waals surface area contributed by atoms with Crippen molar-refractivity contribution in [1.82, 2.24) is 4.90 Å². The summed E-state index contributed by atoms with van der Waals surface area (Å²) in [6, 6.07) is 12.4. The average Bonchev–Trinajstić information content (AvgIpc) is 3.39. The Kier molecular flexibility index (Phi) is 4.57. The van der Waals surface area contributed by atoms with Gasteiger partial charge in [-0.25, -0.2) is 0 Å². The SMILES string of the molecule is Cc1ccc(C2/C(=C(/O)c3cccc(Cl)c3)C(=O)C(=O)N2Cc2ccco2)o1. The lowest BCUT2D eigenvalue weighted by Gasteiger charge is -2.22. The van der Waals surface area contributed by atoms with Crippen LogP contribution in [0.3, 0.4) is 0 Å². The molecule has 0 aliphatic carbocycles. The largest absolute Gasteiger partial charge is 0.507 e. The van der Waals surface area contributed by atoms with Crippen LogP contribution in [0.15, 0.2) is 69.2 Å². The van der Waals surface area contributed by atoms with Crippen LogP contribution in [0.1, 0.15) is 28.9 Å². The molecule has 4 rings (SSSR count). The average molecular weight is 398 g/mol. The van der Waals surface area contributed by atoms with E-state index in [-0.39, 0.29) is 17.9 Å². The van der Waals surface area contributed by atoms with Gasteiger partial charge in [-0.3, -0.25) is 9.59 Å². The molecule has 7 heteroatoms. The molecule has 1 unspecified atom stereocenters. The quantitative estimate of drug-likeness (QED) is 0.399. The smallest absolute Gasteiger partial charge is 0.296 e. The van der Waals surface area contributed by atoms with E-state index in [2.05, 4.69) is 0 Å². The van der Waals surface area contributed by atoms with Crippen LogP contribution in [0, 0.1) is 6.92 Å². The molecule has 2 aromatic heterocycles. The van der Waals surface area contributed by atoms with Gasteiger partial charge in [0.05, 0.1) is 18.4 Å². The fraction of sp³-hybridized carbons (Fsp3) is 0.143. The maximum absolute atomic E-state index is 12.8. The van der Waals surface area contributed by atoms with Crippen molar-refractivity contribution in [3.05, 3.63) is 88.2 Å². The molecule has 6 nitrogen and oxygen atoms in total. The number of carbonyl (C=O) groups excluding carboxylic acids is 2. The molecule has 3 aromatic rings. The van der Waals surface area contributed by atoms with Gasteiger partial charge in [0.15, 0.2) is 0 Å². The number of aliphatic hydroxyl groups is 1. The topological polar surface area (TPSA) is 83.9 Å². The summed E-state index contributed by atoms with van der Waals surface area (Å²) in [5.41, 5.74) is 0.296. The van der Waals surface area contributed by atoms with Crippen LogP contribution in [0.5, 0.6) is 0 Å². The van der Waals surface area contributed by atoms with Gasteiger partial charge < -0.3 is 18.8 Å². The first-order valence-electron chi connectivity index (χ1n) is 8.59. The van der Waals surface area contributed by atoms with Crippen LogP contribution in [0.4, 0.5) is 0 Å². The number of likely N-dealkylation sites (tertiary alicyclic amines) is 1. The normalized spacial score (nSPS) is 18.8. The van der Waals surface area contributed by atoms with Crippen molar-refractivity contribution >= 4 is 29.1 Å². The molecule has 0 radical (unpaired) electrons. The van der Waals surface area contributed by atoms with Gasteiger partial charge in [-0.15, -0.1) is 0 Å². The maximum atomic E-state index is 12.8. The Morgan fingerprint density at radius 3 is 2.64 bits per heavy atom. The lowest BCUT2D eigenvalue weighted by atomic mass is 9.99. The fourth-order valence-corrected chi connectivity index (χ4v) is 3.49. The third-order valence-corrected chi connectivity index (χ3v) is 4.81. The van der Waals surface area contributed by atoms with Gasteiger partial charge in [-0.2, -0.15) is 0 Å². The molecule has 3 heterocycles. The highest BCUT2D eigenvalue weighted by Crippen LogP contribution is 2.41. The van der Waals surface area contributed by atoms with Crippen LogP contribution in [-0.4, -0.2) is 21.7 Å². The second kappa shape index (κ2) is 7.05. The third kappa shape index (κ3) is 3.12. The molecule has 1 atom stereocenters. The van der Waals surface area contributed by atoms with Gasteiger partial charge in [0.1, 0.15) is 29.1 Å². The molecule has 1 N–H and O–H groups in total. The number of aryl methyl sites for hydroxylation is 1. The molecule has 0 saturated carbocycles. The van der Waals surface area contributed by atoms with Crippen LogP contribution >= 0.6 is 11.6 Å². The lowest BCUT2D eigenvalue weighted by molar-refractivity contribution is -0.140. The zero-order valence-corrected chi connectivity index (χ0v) is 15.6. The number of hydrogen-bond donors (Lipinski definition) is 1. The molecule has 142 valence electrons. The number of ketones is 1. The van der Waals surface area contributed by atoms with E-state index in [0.717, 1.165) is 0 Å². The van der Waals surface area contributed by atoms with Crippen molar-refractivity contribution in [2.24, 2.45) is 0 Å². The summed E-state index contributed by atoms with van der Waals surface area (Å²) in [7, 11) is 0. The predicted molar refractivity (Wildman–Crippen MR) is 101 cm³/mol. The van der Waals surface area contributed by atoms with Gasteiger partial charge in [0, 0.05) is 10.6 Å². The van der Waals surface area contributed by atoms with E-state index >= 15 is 0 Å². The highest BCUT2D eigenvalue weighted by molar-refractivity contribution is 6.46. The Morgan fingerprint density at radius 2 is 2.00 bits per heavy atom. The van der Waals surface area contributed by atoms with E-state index in [9.17, 15) is 14.7 Å². The highest BCUT2D eigenvalue weighted by atomic mass is 35.5. The Bertz CT molecular complexity index is 1080. The van der Waals surface area contributed by atoms with Crippen molar-refractivity contribution < 1.29 is 23.5 Å². The number of nitrogens with zero attached hydrogens (tertiary/aromatic N) is 1. The van der Waals surface area contributed by atoms with E-state index < -0.39 is 17.7 Å². The minimum atomic E-state index is -0.877. The van der Waals surface area contributed by atoms with Crippen molar-refractivity contribution in [3.8, 4) is 0 Å². The molecule has 28 heavy (non-hydrogen) atoms. The number of rotatable bonds is 4. The Morgan fingerprint density at radius 1 is 1.18 bits per heavy atom. The molecule has 1 amide bonds. The van der Waals surface area contributed by atoms with Crippen LogP contribution in [-0.2, 0) is 16.1 Å². The van der Waals surface area contributed by atoms with Crippen molar-refractivity contribution in [2.75, 3.05) is 0 Å². The van der Waals surface area contributed by atoms with Crippen molar-refractivity contribution in [3.63, 3.8) is 0 Å². The number of Topliss-reactive ketones (excluding diaryl/α,β-unsaturated/α-hetero) is 1. The van der Waals surface area contributed by atoms with Crippen LogP contribution in [0.2, 0.25) is 5.02 Å². The van der Waals surface area contributed by atoms with Gasteiger partial charge >= 0.3 is 0 Å². The summed E-state index contributed by atoms with van der Waals surface area (Å²) in [5, 5.41) is 11.3. The van der Waals surface area contributed by atoms with Gasteiger partial charge in [-0.05, 0) is 43.3 Å². The molecule has 0 spiro atoms. The Balaban J connectivity index is 1.87. The summed E-state index contributed by atoms with van der Waals surface area (Å²) in [5.74, 6) is -0.310. The minimum absolute atomic E-state index is 0.0480. The second-order valence-corrected chi connectivity index (χ2v) is 6.90. The van der Waals surface area contributed by atoms with E-state index in [0.29, 0.717) is 27.9 Å². The molecule has 1 saturated heterocycles. The number of carbonyl (C=O) groups is 2. The van der Waals surface area contributed by atoms with E-state index in [1.54, 1.807) is 49.4 Å². The van der Waals surface area contributed by atoms with Gasteiger partial charge in [0.2, 0.25) is 0 Å². The maximum Gasteiger partial charge on any atom is 0.296 e.